The van der Waals surface area contributed by atoms with Crippen molar-refractivity contribution in [3.63, 3.8) is 0 Å². The fourth-order valence-corrected chi connectivity index (χ4v) is 3.47. The summed E-state index contributed by atoms with van der Waals surface area (Å²) in [6.07, 6.45) is 0.362. The second-order valence-corrected chi connectivity index (χ2v) is 6.85. The van der Waals surface area contributed by atoms with Gasteiger partial charge in [-0.3, -0.25) is 9.59 Å². The first-order chi connectivity index (χ1) is 13.5. The highest BCUT2D eigenvalue weighted by Crippen LogP contribution is 2.25. The van der Waals surface area contributed by atoms with E-state index in [0.717, 1.165) is 22.8 Å². The van der Waals surface area contributed by atoms with E-state index in [1.54, 1.807) is 7.05 Å². The van der Waals surface area contributed by atoms with Crippen LogP contribution in [0, 0.1) is 5.82 Å². The molecule has 1 N–H and O–H groups in total. The lowest BCUT2D eigenvalue weighted by molar-refractivity contribution is -0.120. The van der Waals surface area contributed by atoms with E-state index in [2.05, 4.69) is 5.32 Å². The molecule has 1 aliphatic heterocycles. The monoisotopic (exact) mass is 374 g/mol. The maximum atomic E-state index is 13.6. The molecule has 0 aliphatic carbocycles. The summed E-state index contributed by atoms with van der Waals surface area (Å²) in [5.74, 6) is -1.19. The second kappa shape index (κ2) is 7.27. The molecule has 0 aromatic heterocycles. The Morgan fingerprint density at radius 2 is 1.61 bits per heavy atom. The molecule has 3 aromatic carbocycles. The van der Waals surface area contributed by atoms with Crippen LogP contribution in [0.1, 0.15) is 15.9 Å². The number of anilines is 1. The summed E-state index contributed by atoms with van der Waals surface area (Å²) in [5.41, 5.74) is 3.71. The van der Waals surface area contributed by atoms with Crippen LogP contribution in [0.4, 0.5) is 10.1 Å². The van der Waals surface area contributed by atoms with Crippen LogP contribution in [0.3, 0.4) is 0 Å². The van der Waals surface area contributed by atoms with E-state index >= 15 is 0 Å². The van der Waals surface area contributed by atoms with Crippen LogP contribution >= 0.6 is 0 Å². The van der Waals surface area contributed by atoms with Crippen molar-refractivity contribution >= 4 is 17.5 Å². The Morgan fingerprint density at radius 3 is 2.32 bits per heavy atom. The van der Waals surface area contributed by atoms with Crippen LogP contribution in [-0.4, -0.2) is 24.9 Å². The zero-order valence-electron chi connectivity index (χ0n) is 15.4. The van der Waals surface area contributed by atoms with Crippen LogP contribution in [0.15, 0.2) is 72.8 Å². The fourth-order valence-electron chi connectivity index (χ4n) is 3.47. The zero-order valence-corrected chi connectivity index (χ0v) is 15.4. The molecule has 3 aromatic rings. The number of halogens is 1. The highest BCUT2D eigenvalue weighted by atomic mass is 19.1. The minimum Gasteiger partial charge on any atom is -0.340 e. The maximum absolute atomic E-state index is 13.6. The molecule has 0 fully saturated rings. The third kappa shape index (κ3) is 3.39. The van der Waals surface area contributed by atoms with E-state index in [1.807, 2.05) is 54.6 Å². The smallest absolute Gasteiger partial charge is 0.254 e. The summed E-state index contributed by atoms with van der Waals surface area (Å²) in [7, 11) is 1.60. The molecule has 0 radical (unpaired) electrons. The maximum Gasteiger partial charge on any atom is 0.254 e. The number of hydrogen-bond donors (Lipinski definition) is 1. The van der Waals surface area contributed by atoms with Crippen molar-refractivity contribution in [3.8, 4) is 11.1 Å². The van der Waals surface area contributed by atoms with Crippen LogP contribution in [0.5, 0.6) is 0 Å². The van der Waals surface area contributed by atoms with Gasteiger partial charge in [0.1, 0.15) is 11.9 Å². The molecular formula is C23H19FN2O2. The average molecular weight is 374 g/mol. The number of benzene rings is 3. The summed E-state index contributed by atoms with van der Waals surface area (Å²) in [6.45, 7) is 0. The van der Waals surface area contributed by atoms with E-state index < -0.39 is 17.8 Å². The normalized spacial score (nSPS) is 16.4. The summed E-state index contributed by atoms with van der Waals surface area (Å²) in [6, 6.07) is 21.1. The number of likely N-dealkylation sites (N-methyl/N-ethyl adjacent to an activating group) is 1. The van der Waals surface area contributed by atoms with E-state index in [0.29, 0.717) is 12.1 Å². The second-order valence-electron chi connectivity index (χ2n) is 6.85. The van der Waals surface area contributed by atoms with Crippen LogP contribution in [0.25, 0.3) is 11.1 Å². The number of amides is 2. The minimum absolute atomic E-state index is 0.165. The third-order valence-electron chi connectivity index (χ3n) is 5.00. The molecule has 0 spiro atoms. The van der Waals surface area contributed by atoms with Gasteiger partial charge in [0.15, 0.2) is 0 Å². The molecule has 1 aliphatic rings. The van der Waals surface area contributed by atoms with Gasteiger partial charge in [-0.05, 0) is 34.9 Å². The molecule has 140 valence electrons. The Labute approximate surface area is 162 Å². The van der Waals surface area contributed by atoms with E-state index in [-0.39, 0.29) is 11.5 Å². The topological polar surface area (TPSA) is 49.4 Å². The highest BCUT2D eigenvalue weighted by molar-refractivity contribution is 6.10. The van der Waals surface area contributed by atoms with Gasteiger partial charge in [0.25, 0.3) is 5.91 Å². The zero-order chi connectivity index (χ0) is 19.7. The van der Waals surface area contributed by atoms with Crippen molar-refractivity contribution < 1.29 is 14.0 Å². The summed E-state index contributed by atoms with van der Waals surface area (Å²) in [5, 5.41) is 2.74. The van der Waals surface area contributed by atoms with Crippen LogP contribution < -0.4 is 10.2 Å². The lowest BCUT2D eigenvalue weighted by atomic mass is 10.00. The van der Waals surface area contributed by atoms with Gasteiger partial charge in [-0.2, -0.15) is 0 Å². The van der Waals surface area contributed by atoms with Crippen LogP contribution in [-0.2, 0) is 11.2 Å². The predicted octanol–water partition coefficient (Wildman–Crippen LogP) is 3.81. The Kier molecular flexibility index (Phi) is 4.65. The molecular weight excluding hydrogens is 355 g/mol. The first-order valence-corrected chi connectivity index (χ1v) is 9.05. The molecule has 5 heteroatoms. The molecule has 4 rings (SSSR count). The summed E-state index contributed by atoms with van der Waals surface area (Å²) >= 11 is 0. The molecule has 0 bridgehead atoms. The highest BCUT2D eigenvalue weighted by Gasteiger charge is 2.32. The van der Waals surface area contributed by atoms with Crippen molar-refractivity contribution in [1.29, 1.82) is 0 Å². The molecule has 1 atom stereocenters. The van der Waals surface area contributed by atoms with E-state index in [4.69, 9.17) is 0 Å². The standard InChI is InChI=1S/C23H19FN2O2/c1-26-21-12-11-18(24)14-19(21)22(27)25-20(23(26)28)13-15-7-9-17(10-8-15)16-5-3-2-4-6-16/h2-12,14,20H,13H2,1H3,(H,25,27). The lowest BCUT2D eigenvalue weighted by Crippen LogP contribution is -2.45. The van der Waals surface area contributed by atoms with Crippen molar-refractivity contribution in [2.24, 2.45) is 0 Å². The third-order valence-corrected chi connectivity index (χ3v) is 5.00. The first-order valence-electron chi connectivity index (χ1n) is 9.05. The molecule has 2 amide bonds. The average Bonchev–Trinajstić information content (AvgIpc) is 2.80. The Balaban J connectivity index is 1.57. The molecule has 28 heavy (non-hydrogen) atoms. The number of carbonyl (C=O) groups excluding carboxylic acids is 2. The van der Waals surface area contributed by atoms with Gasteiger partial charge in [0.05, 0.1) is 11.3 Å². The Hall–Kier alpha value is -3.47. The van der Waals surface area contributed by atoms with Gasteiger partial charge in [0.2, 0.25) is 5.91 Å². The molecule has 1 unspecified atom stereocenters. The van der Waals surface area contributed by atoms with Crippen molar-refractivity contribution in [2.75, 3.05) is 11.9 Å². The Morgan fingerprint density at radius 1 is 0.929 bits per heavy atom. The number of rotatable bonds is 3. The number of nitrogens with zero attached hydrogens (tertiary/aromatic N) is 1. The number of fused-ring (bicyclic) bond motifs is 1. The number of hydrogen-bond acceptors (Lipinski definition) is 2. The number of carbonyl (C=O) groups is 2. The van der Waals surface area contributed by atoms with Crippen molar-refractivity contribution in [1.82, 2.24) is 5.32 Å². The Bertz CT molecular complexity index is 1030. The van der Waals surface area contributed by atoms with Crippen LogP contribution in [0.2, 0.25) is 0 Å². The fraction of sp³-hybridized carbons (Fsp3) is 0.130. The summed E-state index contributed by atoms with van der Waals surface area (Å²) in [4.78, 5) is 26.8. The largest absolute Gasteiger partial charge is 0.340 e. The summed E-state index contributed by atoms with van der Waals surface area (Å²) < 4.78 is 13.6. The van der Waals surface area contributed by atoms with E-state index in [1.165, 1.54) is 17.0 Å². The predicted molar refractivity (Wildman–Crippen MR) is 107 cm³/mol. The number of nitrogens with one attached hydrogen (secondary N) is 1. The van der Waals surface area contributed by atoms with Crippen molar-refractivity contribution in [3.05, 3.63) is 89.7 Å². The molecule has 0 saturated carbocycles. The SMILES string of the molecule is CN1C(=O)C(Cc2ccc(-c3ccccc3)cc2)NC(=O)c2cc(F)ccc21. The molecule has 1 heterocycles. The van der Waals surface area contributed by atoms with Gasteiger partial charge in [-0.15, -0.1) is 0 Å². The van der Waals surface area contributed by atoms with E-state index in [9.17, 15) is 14.0 Å². The first kappa shape index (κ1) is 17.9. The molecule has 0 saturated heterocycles. The van der Waals surface area contributed by atoms with Gasteiger partial charge >= 0.3 is 0 Å². The molecule has 4 nitrogen and oxygen atoms in total. The minimum atomic E-state index is -0.712. The van der Waals surface area contributed by atoms with Gasteiger partial charge in [0, 0.05) is 13.5 Å². The van der Waals surface area contributed by atoms with Gasteiger partial charge < -0.3 is 10.2 Å². The lowest BCUT2D eigenvalue weighted by Gasteiger charge is -2.21. The van der Waals surface area contributed by atoms with Gasteiger partial charge in [-0.25, -0.2) is 4.39 Å². The van der Waals surface area contributed by atoms with Gasteiger partial charge in [-0.1, -0.05) is 54.6 Å². The van der Waals surface area contributed by atoms with Crippen molar-refractivity contribution in [2.45, 2.75) is 12.5 Å². The quantitative estimate of drug-likeness (QED) is 0.758.